The molecule has 10 nitrogen and oxygen atoms in total. The molecule has 47 heavy (non-hydrogen) atoms. The molecule has 0 fully saturated rings. The van der Waals surface area contributed by atoms with Crippen LogP contribution in [0.4, 0.5) is 0 Å². The number of pyridine rings is 2. The summed E-state index contributed by atoms with van der Waals surface area (Å²) in [6.07, 6.45) is 6.12. The van der Waals surface area contributed by atoms with Crippen molar-refractivity contribution in [3.05, 3.63) is 146 Å². The van der Waals surface area contributed by atoms with Crippen LogP contribution in [0.2, 0.25) is 0 Å². The summed E-state index contributed by atoms with van der Waals surface area (Å²) in [6.45, 7) is 0. The predicted octanol–water partition coefficient (Wildman–Crippen LogP) is 8.93. The molecule has 10 heteroatoms. The molecule has 0 atom stereocenters. The van der Waals surface area contributed by atoms with Gasteiger partial charge in [-0.05, 0) is 60.6 Å². The van der Waals surface area contributed by atoms with Crippen molar-refractivity contribution in [2.24, 2.45) is 0 Å². The molecule has 0 bridgehead atoms. The van der Waals surface area contributed by atoms with Gasteiger partial charge in [0.15, 0.2) is 0 Å². The van der Waals surface area contributed by atoms with Gasteiger partial charge in [0.2, 0.25) is 17.7 Å². The van der Waals surface area contributed by atoms with Crippen molar-refractivity contribution >= 4 is 21.8 Å². The normalized spacial score (nSPS) is 11.6. The molecule has 8 aromatic rings. The topological polar surface area (TPSA) is 106 Å². The third-order valence-electron chi connectivity index (χ3n) is 7.04. The molecule has 4 aromatic carbocycles. The second-order valence-corrected chi connectivity index (χ2v) is 10.2. The zero-order valence-electron chi connectivity index (χ0n) is 26.5. The van der Waals surface area contributed by atoms with Crippen LogP contribution in [0.15, 0.2) is 146 Å². The molecular formula is C37H24N6O4. The maximum atomic E-state index is 8.86. The Morgan fingerprint density at radius 2 is 0.957 bits per heavy atom. The van der Waals surface area contributed by atoms with Gasteiger partial charge in [0.05, 0.1) is 13.8 Å². The molecule has 4 aromatic heterocycles. The number of ether oxygens (including phenoxy) is 4. The Kier molecular flexibility index (Phi) is 6.67. The number of nitrogens with zero attached hydrogens (tertiary/aromatic N) is 6. The van der Waals surface area contributed by atoms with Crippen LogP contribution < -0.4 is 18.9 Å². The van der Waals surface area contributed by atoms with Crippen molar-refractivity contribution in [3.63, 3.8) is 0 Å². The van der Waals surface area contributed by atoms with Gasteiger partial charge in [0.25, 0.3) is 0 Å². The largest absolute Gasteiger partial charge is 0.457 e. The Labute approximate surface area is 271 Å². The van der Waals surface area contributed by atoms with E-state index in [1.165, 1.54) is 12.7 Å². The Hall–Kier alpha value is -6.81. The summed E-state index contributed by atoms with van der Waals surface area (Å²) >= 11 is 0. The second kappa shape index (κ2) is 12.3. The molecule has 0 radical (unpaired) electrons. The summed E-state index contributed by atoms with van der Waals surface area (Å²) in [5.74, 6) is 3.86. The first-order chi connectivity index (χ1) is 24.1. The summed E-state index contributed by atoms with van der Waals surface area (Å²) in [5, 5.41) is 1.43. The van der Waals surface area contributed by atoms with Crippen LogP contribution >= 0.6 is 0 Å². The van der Waals surface area contributed by atoms with E-state index in [9.17, 15) is 0 Å². The monoisotopic (exact) mass is 618 g/mol. The van der Waals surface area contributed by atoms with Gasteiger partial charge < -0.3 is 18.9 Å². The number of benzene rings is 4. The number of hydrogen-bond donors (Lipinski definition) is 0. The van der Waals surface area contributed by atoms with Crippen molar-refractivity contribution in [1.82, 2.24) is 29.5 Å². The molecule has 0 unspecified atom stereocenters. The Morgan fingerprint density at radius 1 is 0.468 bits per heavy atom. The van der Waals surface area contributed by atoms with Gasteiger partial charge >= 0.3 is 0 Å². The van der Waals surface area contributed by atoms with Crippen LogP contribution in [0.25, 0.3) is 27.8 Å². The zero-order chi connectivity index (χ0) is 33.2. The highest BCUT2D eigenvalue weighted by Gasteiger charge is 2.17. The lowest BCUT2D eigenvalue weighted by atomic mass is 10.1. The van der Waals surface area contributed by atoms with E-state index in [0.29, 0.717) is 74.0 Å². The maximum Gasteiger partial charge on any atom is 0.237 e. The Bertz CT molecular complexity index is 2280. The smallest absolute Gasteiger partial charge is 0.237 e. The first-order valence-corrected chi connectivity index (χ1v) is 14.5. The van der Waals surface area contributed by atoms with E-state index in [-0.39, 0.29) is 12.1 Å². The van der Waals surface area contributed by atoms with Gasteiger partial charge in [0.1, 0.15) is 47.2 Å². The van der Waals surface area contributed by atoms with E-state index in [2.05, 4.69) is 24.9 Å². The molecule has 0 saturated carbocycles. The minimum Gasteiger partial charge on any atom is -0.457 e. The van der Waals surface area contributed by atoms with Gasteiger partial charge in [-0.15, -0.1) is 0 Å². The van der Waals surface area contributed by atoms with E-state index in [1.54, 1.807) is 97.3 Å². The van der Waals surface area contributed by atoms with E-state index >= 15 is 0 Å². The van der Waals surface area contributed by atoms with Crippen molar-refractivity contribution < 1.29 is 21.7 Å². The van der Waals surface area contributed by atoms with Gasteiger partial charge in [-0.1, -0.05) is 24.3 Å². The Balaban J connectivity index is 1.18. The number of aromatic nitrogens is 6. The summed E-state index contributed by atoms with van der Waals surface area (Å²) in [4.78, 5) is 21.2. The minimum atomic E-state index is 0.148. The fraction of sp³-hybridized carbons (Fsp3) is 0. The third-order valence-corrected chi connectivity index (χ3v) is 7.04. The fourth-order valence-corrected chi connectivity index (χ4v) is 5.05. The van der Waals surface area contributed by atoms with E-state index < -0.39 is 0 Å². The minimum absolute atomic E-state index is 0.148. The van der Waals surface area contributed by atoms with Crippen LogP contribution in [0.1, 0.15) is 2.74 Å². The van der Waals surface area contributed by atoms with E-state index in [4.69, 9.17) is 21.7 Å². The quantitative estimate of drug-likeness (QED) is 0.157. The molecule has 0 saturated heterocycles. The second-order valence-electron chi connectivity index (χ2n) is 10.2. The fourth-order valence-electron chi connectivity index (χ4n) is 5.05. The van der Waals surface area contributed by atoms with Crippen LogP contribution in [0.3, 0.4) is 0 Å². The number of hydrogen-bond acceptors (Lipinski definition) is 9. The van der Waals surface area contributed by atoms with Gasteiger partial charge in [-0.3, -0.25) is 4.57 Å². The van der Waals surface area contributed by atoms with E-state index in [1.807, 2.05) is 28.8 Å². The lowest BCUT2D eigenvalue weighted by molar-refractivity contribution is 0.448. The first-order valence-electron chi connectivity index (χ1n) is 15.5. The van der Waals surface area contributed by atoms with Gasteiger partial charge in [-0.2, -0.15) is 0 Å². The Morgan fingerprint density at radius 3 is 1.43 bits per heavy atom. The zero-order valence-corrected chi connectivity index (χ0v) is 24.5. The molecule has 4 heterocycles. The molecule has 0 amide bonds. The van der Waals surface area contributed by atoms with Gasteiger partial charge in [0, 0.05) is 59.6 Å². The molecule has 8 rings (SSSR count). The molecule has 0 aliphatic heterocycles. The molecule has 0 spiro atoms. The van der Waals surface area contributed by atoms with Crippen molar-refractivity contribution in [2.45, 2.75) is 0 Å². The molecule has 0 aliphatic rings. The van der Waals surface area contributed by atoms with Crippen LogP contribution in [0.5, 0.6) is 46.3 Å². The summed E-state index contributed by atoms with van der Waals surface area (Å²) in [7, 11) is 0. The highest BCUT2D eigenvalue weighted by molar-refractivity contribution is 6.09. The predicted molar refractivity (Wildman–Crippen MR) is 176 cm³/mol. The van der Waals surface area contributed by atoms with Crippen molar-refractivity contribution in [1.29, 1.82) is 0 Å². The van der Waals surface area contributed by atoms with E-state index in [0.717, 1.165) is 0 Å². The lowest BCUT2D eigenvalue weighted by Crippen LogP contribution is -2.01. The SMILES string of the molecule is [2H]c1cc2c3cc([2H])c(Oc4cccc(Oc5ccccn5)c4)cc3n(-c3ncncn3)c2cc1Oc1cccc(Oc2ccccn2)c1. The average Bonchev–Trinajstić information content (AvgIpc) is 3.41. The number of fused-ring (bicyclic) bond motifs is 3. The number of rotatable bonds is 9. The molecule has 0 N–H and O–H groups in total. The van der Waals surface area contributed by atoms with Crippen molar-refractivity contribution in [3.8, 4) is 52.2 Å². The van der Waals surface area contributed by atoms with Gasteiger partial charge in [-0.25, -0.2) is 24.9 Å². The average molecular weight is 619 g/mol. The molecule has 0 aliphatic carbocycles. The first kappa shape index (κ1) is 25.5. The summed E-state index contributed by atoms with van der Waals surface area (Å²) in [6, 6.07) is 32.3. The lowest BCUT2D eigenvalue weighted by Gasteiger charge is -2.10. The summed E-state index contributed by atoms with van der Waals surface area (Å²) in [5.41, 5.74) is 1.32. The standard InChI is InChI=1S/C37H24N6O4/c1-3-17-39-35(11-1)46-27-9-5-7-25(19-27)44-29-13-15-31-32-16-14-30(22-34(32)43(33(31)21-29)37-41-23-38-24-42-37)45-26-8-6-10-28(20-26)47-36-12-2-4-18-40-36/h1-24H/i13D,14D. The van der Waals surface area contributed by atoms with Crippen LogP contribution in [-0.4, -0.2) is 29.5 Å². The molecular weight excluding hydrogens is 592 g/mol. The molecule has 226 valence electrons. The highest BCUT2D eigenvalue weighted by Crippen LogP contribution is 2.38. The third kappa shape index (κ3) is 5.98. The highest BCUT2D eigenvalue weighted by atomic mass is 16.5. The van der Waals surface area contributed by atoms with Crippen LogP contribution in [-0.2, 0) is 0 Å². The van der Waals surface area contributed by atoms with Crippen molar-refractivity contribution in [2.75, 3.05) is 0 Å². The van der Waals surface area contributed by atoms with Crippen LogP contribution in [0, 0.1) is 0 Å². The maximum absolute atomic E-state index is 8.86. The summed E-state index contributed by atoms with van der Waals surface area (Å²) < 4.78 is 43.8.